The maximum absolute atomic E-state index is 8.97. The fourth-order valence-corrected chi connectivity index (χ4v) is 2.03. The number of unbranched alkanes of at least 4 members (excludes halogenated alkanes) is 1. The molecule has 0 aliphatic heterocycles. The van der Waals surface area contributed by atoms with Crippen LogP contribution in [0.25, 0.3) is 0 Å². The van der Waals surface area contributed by atoms with E-state index in [2.05, 4.69) is 28.9 Å². The first-order valence-corrected chi connectivity index (χ1v) is 7.11. The smallest absolute Gasteiger partial charge is 0.0683 e. The molecule has 0 atom stereocenters. The van der Waals surface area contributed by atoms with Gasteiger partial charge in [0.05, 0.1) is 17.2 Å². The summed E-state index contributed by atoms with van der Waals surface area (Å²) in [4.78, 5) is 6.77. The van der Waals surface area contributed by atoms with Crippen molar-refractivity contribution >= 4 is 0 Å². The highest BCUT2D eigenvalue weighted by molar-refractivity contribution is 5.03. The van der Waals surface area contributed by atoms with E-state index in [9.17, 15) is 0 Å². The fourth-order valence-electron chi connectivity index (χ4n) is 2.03. The molecule has 19 heavy (non-hydrogen) atoms. The van der Waals surface area contributed by atoms with E-state index < -0.39 is 0 Å². The van der Waals surface area contributed by atoms with Crippen molar-refractivity contribution in [3.63, 3.8) is 0 Å². The Bertz CT molecular complexity index is 392. The average Bonchev–Trinajstić information content (AvgIpc) is 2.43. The molecule has 3 nitrogen and oxygen atoms in total. The topological polar surface area (TPSA) is 39.9 Å². The molecule has 0 saturated carbocycles. The molecule has 0 radical (unpaired) electrons. The molecule has 0 spiro atoms. The van der Waals surface area contributed by atoms with Crippen molar-refractivity contribution < 1.29 is 0 Å². The molecule has 1 heterocycles. The molecule has 0 aliphatic carbocycles. The van der Waals surface area contributed by atoms with Crippen LogP contribution in [-0.4, -0.2) is 23.0 Å². The molecule has 104 valence electrons. The maximum atomic E-state index is 8.97. The predicted octanol–water partition coefficient (Wildman–Crippen LogP) is 3.62. The Morgan fingerprint density at radius 3 is 2.68 bits per heavy atom. The zero-order chi connectivity index (χ0) is 14.1. The van der Waals surface area contributed by atoms with Gasteiger partial charge in [-0.15, -0.1) is 0 Å². The van der Waals surface area contributed by atoms with Crippen LogP contribution >= 0.6 is 0 Å². The second kappa shape index (κ2) is 7.91. The summed E-state index contributed by atoms with van der Waals surface area (Å²) in [5.74, 6) is 0. The van der Waals surface area contributed by atoms with Crippen LogP contribution in [0.3, 0.4) is 0 Å². The lowest BCUT2D eigenvalue weighted by Gasteiger charge is -2.21. The minimum absolute atomic E-state index is 0.183. The van der Waals surface area contributed by atoms with E-state index in [-0.39, 0.29) is 5.41 Å². The minimum atomic E-state index is -0.183. The number of nitrogens with zero attached hydrogens (tertiary/aromatic N) is 3. The Morgan fingerprint density at radius 1 is 1.32 bits per heavy atom. The van der Waals surface area contributed by atoms with Gasteiger partial charge in [0.2, 0.25) is 0 Å². The lowest BCUT2D eigenvalue weighted by atomic mass is 9.89. The van der Waals surface area contributed by atoms with E-state index >= 15 is 0 Å². The summed E-state index contributed by atoms with van der Waals surface area (Å²) in [5.41, 5.74) is 0.944. The number of hydrogen-bond donors (Lipinski definition) is 0. The highest BCUT2D eigenvalue weighted by atomic mass is 15.1. The molecule has 1 rings (SSSR count). The van der Waals surface area contributed by atoms with Crippen LogP contribution in [0.4, 0.5) is 0 Å². The largest absolute Gasteiger partial charge is 0.298 e. The van der Waals surface area contributed by atoms with Gasteiger partial charge in [-0.1, -0.05) is 19.4 Å². The zero-order valence-electron chi connectivity index (χ0n) is 12.4. The van der Waals surface area contributed by atoms with E-state index in [0.29, 0.717) is 0 Å². The number of pyridine rings is 1. The van der Waals surface area contributed by atoms with Gasteiger partial charge in [-0.2, -0.15) is 5.26 Å². The molecule has 3 heteroatoms. The zero-order valence-corrected chi connectivity index (χ0v) is 12.4. The summed E-state index contributed by atoms with van der Waals surface area (Å²) in [6.07, 6.45) is 5.08. The summed E-state index contributed by atoms with van der Waals surface area (Å²) >= 11 is 0. The molecule has 0 bridgehead atoms. The summed E-state index contributed by atoms with van der Waals surface area (Å²) in [6, 6.07) is 8.41. The van der Waals surface area contributed by atoms with Crippen LogP contribution in [0.5, 0.6) is 0 Å². The van der Waals surface area contributed by atoms with Crippen LogP contribution in [0.1, 0.15) is 45.7 Å². The number of rotatable bonds is 8. The van der Waals surface area contributed by atoms with E-state index in [0.717, 1.165) is 44.6 Å². The van der Waals surface area contributed by atoms with Gasteiger partial charge in [-0.25, -0.2) is 0 Å². The van der Waals surface area contributed by atoms with Gasteiger partial charge in [0.1, 0.15) is 0 Å². The Balaban J connectivity index is 2.28. The van der Waals surface area contributed by atoms with Crippen molar-refractivity contribution in [3.8, 4) is 6.07 Å². The summed E-state index contributed by atoms with van der Waals surface area (Å²) in [7, 11) is 0. The van der Waals surface area contributed by atoms with Gasteiger partial charge in [0.15, 0.2) is 0 Å². The van der Waals surface area contributed by atoms with Crippen molar-refractivity contribution in [1.82, 2.24) is 9.88 Å². The quantitative estimate of drug-likeness (QED) is 0.669. The van der Waals surface area contributed by atoms with Crippen LogP contribution in [0.2, 0.25) is 0 Å². The molecular formula is C16H25N3. The lowest BCUT2D eigenvalue weighted by Crippen LogP contribution is -2.24. The van der Waals surface area contributed by atoms with E-state index in [1.54, 1.807) is 0 Å². The Kier molecular flexibility index (Phi) is 6.52. The molecule has 1 aromatic heterocycles. The molecule has 0 saturated heterocycles. The van der Waals surface area contributed by atoms with Crippen molar-refractivity contribution in [1.29, 1.82) is 5.26 Å². The van der Waals surface area contributed by atoms with Crippen molar-refractivity contribution in [2.45, 2.75) is 46.6 Å². The van der Waals surface area contributed by atoms with Crippen LogP contribution in [0, 0.1) is 16.7 Å². The normalized spacial score (nSPS) is 11.5. The first-order valence-electron chi connectivity index (χ1n) is 7.11. The third-order valence-electron chi connectivity index (χ3n) is 3.39. The Hall–Kier alpha value is -1.40. The Morgan fingerprint density at radius 2 is 2.11 bits per heavy atom. The highest BCUT2D eigenvalue weighted by Crippen LogP contribution is 2.21. The number of nitriles is 1. The van der Waals surface area contributed by atoms with Gasteiger partial charge in [0, 0.05) is 12.7 Å². The van der Waals surface area contributed by atoms with Gasteiger partial charge >= 0.3 is 0 Å². The van der Waals surface area contributed by atoms with Gasteiger partial charge < -0.3 is 0 Å². The minimum Gasteiger partial charge on any atom is -0.298 e. The molecule has 1 aromatic rings. The fraction of sp³-hybridized carbons (Fsp3) is 0.625. The van der Waals surface area contributed by atoms with E-state index in [1.165, 1.54) is 0 Å². The molecule has 0 unspecified atom stereocenters. The average molecular weight is 259 g/mol. The van der Waals surface area contributed by atoms with Crippen LogP contribution < -0.4 is 0 Å². The lowest BCUT2D eigenvalue weighted by molar-refractivity contribution is 0.264. The molecule has 0 aliphatic rings. The first-order chi connectivity index (χ1) is 9.07. The molecule has 0 N–H and O–H groups in total. The molecule has 0 amide bonds. The monoisotopic (exact) mass is 259 g/mol. The van der Waals surface area contributed by atoms with Crippen LogP contribution in [0.15, 0.2) is 24.4 Å². The molecular weight excluding hydrogens is 234 g/mol. The second-order valence-corrected chi connectivity index (χ2v) is 5.64. The van der Waals surface area contributed by atoms with Crippen molar-refractivity contribution in [2.75, 3.05) is 13.1 Å². The summed E-state index contributed by atoms with van der Waals surface area (Å²) < 4.78 is 0. The number of aromatic nitrogens is 1. The van der Waals surface area contributed by atoms with Gasteiger partial charge in [-0.05, 0) is 51.9 Å². The van der Waals surface area contributed by atoms with E-state index in [4.69, 9.17) is 5.26 Å². The number of hydrogen-bond acceptors (Lipinski definition) is 3. The third kappa shape index (κ3) is 6.35. The summed E-state index contributed by atoms with van der Waals surface area (Å²) in [5, 5.41) is 8.97. The Labute approximate surface area is 117 Å². The SMILES string of the molecule is CCN(CCCCC(C)(C)C#N)Cc1ccccn1. The van der Waals surface area contributed by atoms with Crippen molar-refractivity contribution in [2.24, 2.45) is 5.41 Å². The maximum Gasteiger partial charge on any atom is 0.0683 e. The third-order valence-corrected chi connectivity index (χ3v) is 3.39. The molecule has 0 fully saturated rings. The van der Waals surface area contributed by atoms with Gasteiger partial charge in [-0.3, -0.25) is 9.88 Å². The summed E-state index contributed by atoms with van der Waals surface area (Å²) in [6.45, 7) is 9.24. The van der Waals surface area contributed by atoms with E-state index in [1.807, 2.05) is 32.2 Å². The molecule has 0 aromatic carbocycles. The predicted molar refractivity (Wildman–Crippen MR) is 78.4 cm³/mol. The second-order valence-electron chi connectivity index (χ2n) is 5.64. The van der Waals surface area contributed by atoms with Crippen LogP contribution in [-0.2, 0) is 6.54 Å². The first kappa shape index (κ1) is 15.7. The van der Waals surface area contributed by atoms with Crippen molar-refractivity contribution in [3.05, 3.63) is 30.1 Å². The highest BCUT2D eigenvalue weighted by Gasteiger charge is 2.15. The standard InChI is InChI=1S/C16H25N3/c1-4-19(13-15-9-5-7-11-18-15)12-8-6-10-16(2,3)14-17/h5,7,9,11H,4,6,8,10,12-13H2,1-3H3. The van der Waals surface area contributed by atoms with Gasteiger partial charge in [0.25, 0.3) is 0 Å².